The van der Waals surface area contributed by atoms with Crippen LogP contribution in [0.15, 0.2) is 48.5 Å². The maximum absolute atomic E-state index is 14.0. The number of hydrogen-bond acceptors (Lipinski definition) is 3. The Hall–Kier alpha value is -2.49. The Kier molecular flexibility index (Phi) is 4.99. The molecular weight excluding hydrogens is 386 g/mol. The Morgan fingerprint density at radius 2 is 1.68 bits per heavy atom. The van der Waals surface area contributed by atoms with Crippen LogP contribution in [0.2, 0.25) is 0 Å². The third-order valence-corrected chi connectivity index (χ3v) is 8.14. The molecular formula is C27H33NO3. The molecule has 0 heterocycles. The fraction of sp³-hybridized carbons (Fsp3) is 0.519. The van der Waals surface area contributed by atoms with Crippen molar-refractivity contribution in [1.82, 2.24) is 4.90 Å². The normalized spacial score (nSPS) is 30.8. The summed E-state index contributed by atoms with van der Waals surface area (Å²) in [6, 6.07) is 16.9. The maximum Gasteiger partial charge on any atom is 0.228 e. The van der Waals surface area contributed by atoms with E-state index in [0.29, 0.717) is 30.0 Å². The Morgan fingerprint density at radius 1 is 0.968 bits per heavy atom. The predicted octanol–water partition coefficient (Wildman–Crippen LogP) is 5.20. The molecule has 4 saturated carbocycles. The highest BCUT2D eigenvalue weighted by atomic mass is 16.5. The van der Waals surface area contributed by atoms with E-state index in [0.717, 1.165) is 30.6 Å². The van der Waals surface area contributed by atoms with Crippen molar-refractivity contribution in [3.63, 3.8) is 0 Å². The van der Waals surface area contributed by atoms with E-state index in [1.54, 1.807) is 14.2 Å². The number of carbonyl (C=O) groups excluding carboxylic acids is 1. The molecule has 0 N–H and O–H groups in total. The number of benzene rings is 2. The first kappa shape index (κ1) is 20.4. The smallest absolute Gasteiger partial charge is 0.228 e. The largest absolute Gasteiger partial charge is 0.493 e. The zero-order valence-corrected chi connectivity index (χ0v) is 18.9. The van der Waals surface area contributed by atoms with E-state index < -0.39 is 0 Å². The highest BCUT2D eigenvalue weighted by molar-refractivity contribution is 5.83. The number of amides is 1. The monoisotopic (exact) mass is 419 g/mol. The van der Waals surface area contributed by atoms with Gasteiger partial charge in [0.15, 0.2) is 11.5 Å². The van der Waals surface area contributed by atoms with Gasteiger partial charge in [-0.3, -0.25) is 4.79 Å². The molecule has 164 valence electrons. The lowest BCUT2D eigenvalue weighted by Crippen LogP contribution is -2.59. The Balaban J connectivity index is 1.43. The average Bonchev–Trinajstić information content (AvgIpc) is 2.78. The number of rotatable bonds is 6. The quantitative estimate of drug-likeness (QED) is 0.646. The Morgan fingerprint density at radius 3 is 2.32 bits per heavy atom. The molecule has 4 bridgehead atoms. The number of hydrogen-bond donors (Lipinski definition) is 0. The van der Waals surface area contributed by atoms with Crippen molar-refractivity contribution < 1.29 is 14.3 Å². The number of nitrogens with zero attached hydrogens (tertiary/aromatic N) is 1. The van der Waals surface area contributed by atoms with Crippen molar-refractivity contribution >= 4 is 5.91 Å². The Bertz CT molecular complexity index is 956. The summed E-state index contributed by atoms with van der Waals surface area (Å²) in [5.41, 5.74) is 2.38. The second kappa shape index (κ2) is 7.58. The number of carbonyl (C=O) groups is 1. The van der Waals surface area contributed by atoms with Crippen LogP contribution in [-0.4, -0.2) is 32.1 Å². The summed E-state index contributed by atoms with van der Waals surface area (Å²) in [5.74, 6) is 3.08. The van der Waals surface area contributed by atoms with Crippen LogP contribution in [0.3, 0.4) is 0 Å². The van der Waals surface area contributed by atoms with Gasteiger partial charge in [0.1, 0.15) is 0 Å². The van der Waals surface area contributed by atoms with E-state index in [4.69, 9.17) is 9.47 Å². The maximum atomic E-state index is 14.0. The van der Waals surface area contributed by atoms with Gasteiger partial charge in [0.25, 0.3) is 0 Å². The van der Waals surface area contributed by atoms with Crippen LogP contribution < -0.4 is 9.47 Å². The molecule has 4 aliphatic rings. The van der Waals surface area contributed by atoms with Gasteiger partial charge >= 0.3 is 0 Å². The summed E-state index contributed by atoms with van der Waals surface area (Å²) in [5, 5.41) is 0. The van der Waals surface area contributed by atoms with Gasteiger partial charge in [-0.15, -0.1) is 0 Å². The van der Waals surface area contributed by atoms with Crippen LogP contribution in [0, 0.1) is 17.3 Å². The van der Waals surface area contributed by atoms with Crippen molar-refractivity contribution in [1.29, 1.82) is 0 Å². The van der Waals surface area contributed by atoms with Gasteiger partial charge in [-0.1, -0.05) is 42.5 Å². The first-order valence-electron chi connectivity index (χ1n) is 11.5. The van der Waals surface area contributed by atoms with Crippen molar-refractivity contribution in [2.75, 3.05) is 21.3 Å². The summed E-state index contributed by atoms with van der Waals surface area (Å²) in [6.45, 7) is 0.536. The minimum absolute atomic E-state index is 0.176. The van der Waals surface area contributed by atoms with Crippen molar-refractivity contribution in [2.45, 2.75) is 50.5 Å². The zero-order chi connectivity index (χ0) is 21.6. The third-order valence-electron chi connectivity index (χ3n) is 8.14. The van der Waals surface area contributed by atoms with Gasteiger partial charge in [-0.25, -0.2) is 0 Å². The summed E-state index contributed by atoms with van der Waals surface area (Å²) >= 11 is 0. The molecule has 6 rings (SSSR count). The standard InChI is InChI=1S/C27H33NO3/c1-28(17-21-8-7-11-23(30-2)24(21)31-3)25(29)27-15-19-12-20(16-27)14-26(13-19,18-27)22-9-5-4-6-10-22/h4-11,19-20H,12-18H2,1-3H3/t19-,20+,26?,27?. The van der Waals surface area contributed by atoms with E-state index in [-0.39, 0.29) is 10.8 Å². The molecule has 4 aliphatic carbocycles. The van der Waals surface area contributed by atoms with E-state index in [1.165, 1.54) is 24.8 Å². The molecule has 1 amide bonds. The lowest BCUT2D eigenvalue weighted by Gasteiger charge is -2.62. The van der Waals surface area contributed by atoms with E-state index >= 15 is 0 Å². The molecule has 0 aromatic heterocycles. The molecule has 2 unspecified atom stereocenters. The molecule has 31 heavy (non-hydrogen) atoms. The number of methoxy groups -OCH3 is 2. The first-order chi connectivity index (χ1) is 15.0. The van der Waals surface area contributed by atoms with Crippen molar-refractivity contribution in [3.8, 4) is 11.5 Å². The van der Waals surface area contributed by atoms with E-state index in [2.05, 4.69) is 30.3 Å². The fourth-order valence-electron chi connectivity index (χ4n) is 7.45. The predicted molar refractivity (Wildman–Crippen MR) is 121 cm³/mol. The highest BCUT2D eigenvalue weighted by Crippen LogP contribution is 2.66. The molecule has 4 heteroatoms. The van der Waals surface area contributed by atoms with Crippen LogP contribution in [0.25, 0.3) is 0 Å². The molecule has 0 saturated heterocycles. The van der Waals surface area contributed by atoms with E-state index in [9.17, 15) is 4.79 Å². The lowest BCUT2D eigenvalue weighted by atomic mass is 9.42. The minimum Gasteiger partial charge on any atom is -0.493 e. The molecule has 4 nitrogen and oxygen atoms in total. The SMILES string of the molecule is COc1cccc(CN(C)C(=O)C23C[C@H]4C[C@@H](C2)CC(c2ccccc2)(C4)C3)c1OC. The number of para-hydroxylation sites is 1. The van der Waals surface area contributed by atoms with Crippen LogP contribution in [0.4, 0.5) is 0 Å². The summed E-state index contributed by atoms with van der Waals surface area (Å²) in [7, 11) is 5.26. The van der Waals surface area contributed by atoms with Crippen LogP contribution in [0.1, 0.15) is 49.7 Å². The molecule has 2 aromatic rings. The van der Waals surface area contributed by atoms with Gasteiger partial charge in [0.05, 0.1) is 19.6 Å². The van der Waals surface area contributed by atoms with Crippen molar-refractivity contribution in [3.05, 3.63) is 59.7 Å². The molecule has 2 aromatic carbocycles. The molecule has 4 fully saturated rings. The summed E-state index contributed by atoms with van der Waals surface area (Å²) < 4.78 is 11.1. The van der Waals surface area contributed by atoms with Crippen LogP contribution >= 0.6 is 0 Å². The minimum atomic E-state index is -0.221. The van der Waals surface area contributed by atoms with Gasteiger partial charge in [-0.05, 0) is 67.4 Å². The van der Waals surface area contributed by atoms with Crippen LogP contribution in [0.5, 0.6) is 11.5 Å². The van der Waals surface area contributed by atoms with E-state index in [1.807, 2.05) is 30.1 Å². The Labute approximate surface area is 185 Å². The molecule has 0 spiro atoms. The average molecular weight is 420 g/mol. The van der Waals surface area contributed by atoms with Gasteiger partial charge in [-0.2, -0.15) is 0 Å². The zero-order valence-electron chi connectivity index (χ0n) is 18.9. The van der Waals surface area contributed by atoms with Crippen LogP contribution in [-0.2, 0) is 16.8 Å². The second-order valence-corrected chi connectivity index (χ2v) is 10.2. The van der Waals surface area contributed by atoms with Gasteiger partial charge < -0.3 is 14.4 Å². The third kappa shape index (κ3) is 3.31. The first-order valence-corrected chi connectivity index (χ1v) is 11.5. The fourth-order valence-corrected chi connectivity index (χ4v) is 7.45. The van der Waals surface area contributed by atoms with Gasteiger partial charge in [0, 0.05) is 19.2 Å². The van der Waals surface area contributed by atoms with Crippen molar-refractivity contribution in [2.24, 2.45) is 17.3 Å². The lowest BCUT2D eigenvalue weighted by molar-refractivity contribution is -0.159. The molecule has 4 atom stereocenters. The van der Waals surface area contributed by atoms with Gasteiger partial charge in [0.2, 0.25) is 5.91 Å². The highest BCUT2D eigenvalue weighted by Gasteiger charge is 2.61. The molecule has 0 aliphatic heterocycles. The second-order valence-electron chi connectivity index (χ2n) is 10.2. The molecule has 0 radical (unpaired) electrons. The number of ether oxygens (including phenoxy) is 2. The topological polar surface area (TPSA) is 38.8 Å². The summed E-state index contributed by atoms with van der Waals surface area (Å²) in [4.78, 5) is 15.9. The summed E-state index contributed by atoms with van der Waals surface area (Å²) in [6.07, 6.45) is 6.89.